The number of furan rings is 1. The van der Waals surface area contributed by atoms with Crippen molar-refractivity contribution in [1.82, 2.24) is 5.32 Å². The number of nitrogens with zero attached hydrogens (tertiary/aromatic N) is 1. The fourth-order valence-corrected chi connectivity index (χ4v) is 4.06. The van der Waals surface area contributed by atoms with E-state index < -0.39 is 0 Å². The van der Waals surface area contributed by atoms with E-state index in [0.717, 1.165) is 37.5 Å². The Morgan fingerprint density at radius 3 is 2.55 bits per heavy atom. The molecule has 5 nitrogen and oxygen atoms in total. The van der Waals surface area contributed by atoms with Crippen LogP contribution in [0.5, 0.6) is 0 Å². The first-order valence-electron chi connectivity index (χ1n) is 10.2. The molecule has 2 aromatic carbocycles. The van der Waals surface area contributed by atoms with Crippen molar-refractivity contribution in [3.8, 4) is 0 Å². The minimum Gasteiger partial charge on any atom is -0.463 e. The van der Waals surface area contributed by atoms with Crippen molar-refractivity contribution >= 4 is 11.6 Å². The third-order valence-electron chi connectivity index (χ3n) is 5.65. The highest BCUT2D eigenvalue weighted by Gasteiger charge is 2.31. The summed E-state index contributed by atoms with van der Waals surface area (Å²) in [6.45, 7) is 6.53. The number of carbonyl (C=O) groups is 1. The molecule has 1 aliphatic rings. The first kappa shape index (κ1) is 19.3. The van der Waals surface area contributed by atoms with Gasteiger partial charge >= 0.3 is 0 Å². The SMILES string of the molecule is Cc1cccc(C(=O)NC[C@@H](c2ccco2)[NH+]2CCN(c3ccccc3)CC2)c1. The minimum atomic E-state index is -0.0347. The van der Waals surface area contributed by atoms with Gasteiger partial charge < -0.3 is 19.5 Å². The number of benzene rings is 2. The molecule has 0 aliphatic carbocycles. The van der Waals surface area contributed by atoms with Crippen LogP contribution in [0.15, 0.2) is 77.4 Å². The predicted molar refractivity (Wildman–Crippen MR) is 114 cm³/mol. The quantitative estimate of drug-likeness (QED) is 0.680. The van der Waals surface area contributed by atoms with E-state index in [1.807, 2.05) is 43.3 Å². The third-order valence-corrected chi connectivity index (χ3v) is 5.65. The van der Waals surface area contributed by atoms with E-state index in [-0.39, 0.29) is 11.9 Å². The summed E-state index contributed by atoms with van der Waals surface area (Å²) >= 11 is 0. The third kappa shape index (κ3) is 4.69. The summed E-state index contributed by atoms with van der Waals surface area (Å²) in [5, 5.41) is 3.12. The number of anilines is 1. The molecular weight excluding hydrogens is 362 g/mol. The lowest BCUT2D eigenvalue weighted by Gasteiger charge is -2.37. The number of amides is 1. The molecule has 29 heavy (non-hydrogen) atoms. The van der Waals surface area contributed by atoms with E-state index in [0.29, 0.717) is 12.1 Å². The van der Waals surface area contributed by atoms with Gasteiger partial charge in [-0.25, -0.2) is 0 Å². The smallest absolute Gasteiger partial charge is 0.251 e. The molecule has 0 radical (unpaired) electrons. The van der Waals surface area contributed by atoms with E-state index in [2.05, 4.69) is 40.5 Å². The van der Waals surface area contributed by atoms with Crippen LogP contribution in [0.25, 0.3) is 0 Å². The van der Waals surface area contributed by atoms with Gasteiger partial charge in [-0.2, -0.15) is 0 Å². The Morgan fingerprint density at radius 1 is 1.07 bits per heavy atom. The molecule has 3 aromatic rings. The molecule has 1 saturated heterocycles. The first-order valence-corrected chi connectivity index (χ1v) is 10.2. The predicted octanol–water partition coefficient (Wildman–Crippen LogP) is 2.46. The number of piperazine rings is 1. The molecule has 1 atom stereocenters. The van der Waals surface area contributed by atoms with Crippen LogP contribution in [-0.2, 0) is 0 Å². The average molecular weight is 391 g/mol. The number of quaternary nitrogens is 1. The van der Waals surface area contributed by atoms with Crippen LogP contribution in [0.3, 0.4) is 0 Å². The van der Waals surface area contributed by atoms with Gasteiger partial charge in [0.1, 0.15) is 0 Å². The molecule has 0 spiro atoms. The number of rotatable bonds is 6. The number of hydrogen-bond acceptors (Lipinski definition) is 3. The standard InChI is InChI=1S/C24H27N3O2/c1-19-7-5-8-20(17-19)24(28)25-18-22(23-11-6-16-29-23)27-14-12-26(13-15-27)21-9-3-2-4-10-21/h2-11,16-17,22H,12-15,18H2,1H3,(H,25,28)/p+1/t22-/m0/s1. The van der Waals surface area contributed by atoms with E-state index >= 15 is 0 Å². The van der Waals surface area contributed by atoms with Gasteiger partial charge in [0.05, 0.1) is 39.0 Å². The number of para-hydroxylation sites is 1. The van der Waals surface area contributed by atoms with Crippen LogP contribution >= 0.6 is 0 Å². The maximum atomic E-state index is 12.6. The highest BCUT2D eigenvalue weighted by atomic mass is 16.3. The first-order chi connectivity index (χ1) is 14.2. The van der Waals surface area contributed by atoms with Gasteiger partial charge in [0.25, 0.3) is 5.91 Å². The summed E-state index contributed by atoms with van der Waals surface area (Å²) in [7, 11) is 0. The molecule has 2 heterocycles. The van der Waals surface area contributed by atoms with Crippen molar-refractivity contribution in [1.29, 1.82) is 0 Å². The van der Waals surface area contributed by atoms with Crippen molar-refractivity contribution in [2.45, 2.75) is 13.0 Å². The number of nitrogens with one attached hydrogen (secondary N) is 2. The minimum absolute atomic E-state index is 0.0347. The Bertz CT molecular complexity index is 916. The molecule has 1 aromatic heterocycles. The molecule has 0 bridgehead atoms. The van der Waals surface area contributed by atoms with E-state index in [9.17, 15) is 4.79 Å². The molecule has 4 rings (SSSR count). The molecule has 5 heteroatoms. The summed E-state index contributed by atoms with van der Waals surface area (Å²) in [5.74, 6) is 0.894. The zero-order chi connectivity index (χ0) is 20.1. The second-order valence-corrected chi connectivity index (χ2v) is 7.63. The number of carbonyl (C=O) groups excluding carboxylic acids is 1. The van der Waals surface area contributed by atoms with Crippen LogP contribution in [0.4, 0.5) is 5.69 Å². The zero-order valence-electron chi connectivity index (χ0n) is 16.8. The highest BCUT2D eigenvalue weighted by molar-refractivity contribution is 5.94. The van der Waals surface area contributed by atoms with Crippen LogP contribution in [0, 0.1) is 6.92 Å². The van der Waals surface area contributed by atoms with Crippen molar-refractivity contribution in [3.05, 3.63) is 89.9 Å². The van der Waals surface area contributed by atoms with E-state index in [4.69, 9.17) is 4.42 Å². The Balaban J connectivity index is 1.41. The summed E-state index contributed by atoms with van der Waals surface area (Å²) in [5.41, 5.74) is 3.06. The monoisotopic (exact) mass is 390 g/mol. The lowest BCUT2D eigenvalue weighted by Crippen LogP contribution is -3.15. The maximum absolute atomic E-state index is 12.6. The van der Waals surface area contributed by atoms with Crippen molar-refractivity contribution in [3.63, 3.8) is 0 Å². The van der Waals surface area contributed by atoms with Gasteiger partial charge in [0, 0.05) is 11.3 Å². The summed E-state index contributed by atoms with van der Waals surface area (Å²) in [6.07, 6.45) is 1.71. The molecule has 150 valence electrons. The fourth-order valence-electron chi connectivity index (χ4n) is 4.06. The Labute approximate surface area is 171 Å². The average Bonchev–Trinajstić information content (AvgIpc) is 3.29. The summed E-state index contributed by atoms with van der Waals surface area (Å²) in [6, 6.07) is 22.3. The van der Waals surface area contributed by atoms with Crippen molar-refractivity contribution in [2.24, 2.45) is 0 Å². The van der Waals surface area contributed by atoms with Crippen molar-refractivity contribution < 1.29 is 14.1 Å². The van der Waals surface area contributed by atoms with E-state index in [1.165, 1.54) is 10.6 Å². The van der Waals surface area contributed by atoms with Crippen LogP contribution in [-0.4, -0.2) is 38.6 Å². The number of aryl methyl sites for hydroxylation is 1. The number of hydrogen-bond donors (Lipinski definition) is 2. The summed E-state index contributed by atoms with van der Waals surface area (Å²) in [4.78, 5) is 16.5. The molecule has 0 unspecified atom stereocenters. The molecular formula is C24H28N3O2+. The van der Waals surface area contributed by atoms with Gasteiger partial charge in [0.2, 0.25) is 0 Å². The van der Waals surface area contributed by atoms with Crippen LogP contribution < -0.4 is 15.1 Å². The zero-order valence-corrected chi connectivity index (χ0v) is 16.8. The topological polar surface area (TPSA) is 49.9 Å². The van der Waals surface area contributed by atoms with Gasteiger partial charge in [-0.1, -0.05) is 35.9 Å². The lowest BCUT2D eigenvalue weighted by atomic mass is 10.1. The van der Waals surface area contributed by atoms with Crippen molar-refractivity contribution in [2.75, 3.05) is 37.6 Å². The Kier molecular flexibility index (Phi) is 5.96. The lowest BCUT2D eigenvalue weighted by molar-refractivity contribution is -0.932. The largest absolute Gasteiger partial charge is 0.463 e. The second kappa shape index (κ2) is 8.97. The Hall–Kier alpha value is -3.05. The van der Waals surface area contributed by atoms with Gasteiger partial charge in [-0.3, -0.25) is 4.79 Å². The second-order valence-electron chi connectivity index (χ2n) is 7.63. The molecule has 1 aliphatic heterocycles. The van der Waals surface area contributed by atoms with Gasteiger partial charge in [0.15, 0.2) is 11.8 Å². The molecule has 0 saturated carbocycles. The normalized spacial score (nSPS) is 15.8. The van der Waals surface area contributed by atoms with Gasteiger partial charge in [-0.05, 0) is 43.3 Å². The molecule has 2 N–H and O–H groups in total. The Morgan fingerprint density at radius 2 is 1.86 bits per heavy atom. The fraction of sp³-hybridized carbons (Fsp3) is 0.292. The molecule has 1 fully saturated rings. The van der Waals surface area contributed by atoms with E-state index in [1.54, 1.807) is 6.26 Å². The van der Waals surface area contributed by atoms with Gasteiger partial charge in [-0.15, -0.1) is 0 Å². The van der Waals surface area contributed by atoms with Crippen LogP contribution in [0.1, 0.15) is 27.7 Å². The maximum Gasteiger partial charge on any atom is 0.251 e. The summed E-state index contributed by atoms with van der Waals surface area (Å²) < 4.78 is 5.73. The molecule has 1 amide bonds. The highest BCUT2D eigenvalue weighted by Crippen LogP contribution is 2.15. The van der Waals surface area contributed by atoms with Crippen LogP contribution in [0.2, 0.25) is 0 Å².